The van der Waals surface area contributed by atoms with E-state index in [4.69, 9.17) is 16.3 Å². The molecule has 6 nitrogen and oxygen atoms in total. The number of carbonyl (C=O) groups is 2. The molecule has 142 valence electrons. The Morgan fingerprint density at radius 3 is 2.44 bits per heavy atom. The normalized spacial score (nSPS) is 14.0. The molecule has 0 aromatic heterocycles. The molecule has 0 unspecified atom stereocenters. The average molecular weight is 388 g/mol. The Morgan fingerprint density at radius 1 is 1.07 bits per heavy atom. The Hall–Kier alpha value is -2.73. The van der Waals surface area contributed by atoms with Gasteiger partial charge in [0.05, 0.1) is 12.1 Å². The largest absolute Gasteiger partial charge is 0.495 e. The Kier molecular flexibility index (Phi) is 5.86. The molecule has 2 aromatic carbocycles. The van der Waals surface area contributed by atoms with Crippen molar-refractivity contribution in [2.24, 2.45) is 0 Å². The molecule has 1 aliphatic heterocycles. The van der Waals surface area contributed by atoms with Gasteiger partial charge in [0.2, 0.25) is 0 Å². The van der Waals surface area contributed by atoms with Gasteiger partial charge in [0, 0.05) is 43.1 Å². The fraction of sp³-hybridized carbons (Fsp3) is 0.300. The molecule has 0 bridgehead atoms. The van der Waals surface area contributed by atoms with Crippen molar-refractivity contribution in [2.75, 3.05) is 43.5 Å². The van der Waals surface area contributed by atoms with Gasteiger partial charge in [-0.05, 0) is 37.3 Å². The molecule has 1 heterocycles. The summed E-state index contributed by atoms with van der Waals surface area (Å²) in [6, 6.07) is 12.5. The van der Waals surface area contributed by atoms with Crippen LogP contribution in [0.25, 0.3) is 0 Å². The van der Waals surface area contributed by atoms with Gasteiger partial charge in [-0.25, -0.2) is 4.79 Å². The molecule has 7 heteroatoms. The van der Waals surface area contributed by atoms with Crippen molar-refractivity contribution in [2.45, 2.75) is 6.92 Å². The summed E-state index contributed by atoms with van der Waals surface area (Å²) in [4.78, 5) is 27.9. The van der Waals surface area contributed by atoms with Crippen LogP contribution in [-0.4, -0.2) is 50.0 Å². The Labute approximate surface area is 163 Å². The summed E-state index contributed by atoms with van der Waals surface area (Å²) < 4.78 is 5.18. The van der Waals surface area contributed by atoms with E-state index in [1.165, 1.54) is 6.92 Å². The lowest BCUT2D eigenvalue weighted by Gasteiger charge is -2.36. The van der Waals surface area contributed by atoms with Crippen molar-refractivity contribution >= 4 is 34.8 Å². The highest BCUT2D eigenvalue weighted by Gasteiger charge is 2.22. The first-order chi connectivity index (χ1) is 13.0. The van der Waals surface area contributed by atoms with Crippen molar-refractivity contribution in [1.29, 1.82) is 0 Å². The molecule has 0 spiro atoms. The van der Waals surface area contributed by atoms with E-state index in [1.807, 2.05) is 18.2 Å². The number of nitrogens with one attached hydrogen (secondary N) is 1. The van der Waals surface area contributed by atoms with E-state index in [9.17, 15) is 9.59 Å². The zero-order valence-corrected chi connectivity index (χ0v) is 16.1. The molecule has 0 radical (unpaired) electrons. The number of anilines is 2. The fourth-order valence-corrected chi connectivity index (χ4v) is 3.29. The first-order valence-corrected chi connectivity index (χ1v) is 9.11. The zero-order chi connectivity index (χ0) is 19.4. The minimum atomic E-state index is -0.164. The van der Waals surface area contributed by atoms with E-state index in [-0.39, 0.29) is 11.8 Å². The van der Waals surface area contributed by atoms with Crippen LogP contribution >= 0.6 is 11.6 Å². The SMILES string of the molecule is COc1ccc(N2CCN(C(=O)Nc3cccc(C(C)=O)c3)CC2)cc1Cl. The molecular weight excluding hydrogens is 366 g/mol. The van der Waals surface area contributed by atoms with Gasteiger partial charge in [-0.2, -0.15) is 0 Å². The quantitative estimate of drug-likeness (QED) is 0.808. The van der Waals surface area contributed by atoms with Gasteiger partial charge in [-0.3, -0.25) is 4.79 Å². The number of benzene rings is 2. The van der Waals surface area contributed by atoms with E-state index in [0.29, 0.717) is 48.2 Å². The molecule has 1 N–H and O–H groups in total. The minimum Gasteiger partial charge on any atom is -0.495 e. The maximum Gasteiger partial charge on any atom is 0.321 e. The van der Waals surface area contributed by atoms with Crippen LogP contribution in [0.3, 0.4) is 0 Å². The molecule has 1 fully saturated rings. The van der Waals surface area contributed by atoms with Crippen molar-refractivity contribution in [3.63, 3.8) is 0 Å². The number of rotatable bonds is 4. The number of piperazine rings is 1. The number of amides is 2. The molecule has 0 saturated carbocycles. The molecule has 2 aromatic rings. The van der Waals surface area contributed by atoms with E-state index in [0.717, 1.165) is 5.69 Å². The number of Topliss-reactive ketones (excluding diaryl/α,β-unsaturated/α-hetero) is 1. The van der Waals surface area contributed by atoms with Gasteiger partial charge >= 0.3 is 6.03 Å². The number of carbonyl (C=O) groups excluding carboxylic acids is 2. The summed E-state index contributed by atoms with van der Waals surface area (Å²) in [5, 5.41) is 3.43. The second-order valence-electron chi connectivity index (χ2n) is 6.36. The minimum absolute atomic E-state index is 0.0298. The number of ketones is 1. The maximum absolute atomic E-state index is 12.5. The van der Waals surface area contributed by atoms with Crippen LogP contribution in [0.15, 0.2) is 42.5 Å². The van der Waals surface area contributed by atoms with Gasteiger partial charge in [0.1, 0.15) is 5.75 Å². The van der Waals surface area contributed by atoms with Crippen molar-refractivity contribution in [3.05, 3.63) is 53.1 Å². The summed E-state index contributed by atoms with van der Waals surface area (Å²) in [7, 11) is 1.59. The summed E-state index contributed by atoms with van der Waals surface area (Å²) in [6.07, 6.45) is 0. The topological polar surface area (TPSA) is 61.9 Å². The number of nitrogens with zero attached hydrogens (tertiary/aromatic N) is 2. The van der Waals surface area contributed by atoms with Crippen molar-refractivity contribution in [3.8, 4) is 5.75 Å². The third-order valence-electron chi connectivity index (χ3n) is 4.59. The summed E-state index contributed by atoms with van der Waals surface area (Å²) in [6.45, 7) is 4.13. The molecule has 0 atom stereocenters. The van der Waals surface area contributed by atoms with Crippen LogP contribution in [0.2, 0.25) is 5.02 Å². The van der Waals surface area contributed by atoms with E-state index in [2.05, 4.69) is 10.2 Å². The van der Waals surface area contributed by atoms with E-state index < -0.39 is 0 Å². The second-order valence-corrected chi connectivity index (χ2v) is 6.77. The van der Waals surface area contributed by atoms with Gasteiger partial charge in [0.15, 0.2) is 5.78 Å². The van der Waals surface area contributed by atoms with Crippen LogP contribution in [0, 0.1) is 0 Å². The number of urea groups is 1. The molecule has 1 aliphatic rings. The molecule has 3 rings (SSSR count). The van der Waals surface area contributed by atoms with Crippen LogP contribution in [0.4, 0.5) is 16.2 Å². The molecule has 0 aliphatic carbocycles. The summed E-state index contributed by atoms with van der Waals surface area (Å²) in [5.41, 5.74) is 2.21. The van der Waals surface area contributed by atoms with Crippen molar-refractivity contribution in [1.82, 2.24) is 4.90 Å². The molecule has 27 heavy (non-hydrogen) atoms. The van der Waals surface area contributed by atoms with E-state index in [1.54, 1.807) is 36.3 Å². The van der Waals surface area contributed by atoms with Crippen LogP contribution in [0.1, 0.15) is 17.3 Å². The molecule has 2 amide bonds. The van der Waals surface area contributed by atoms with Gasteiger partial charge < -0.3 is 19.9 Å². The number of hydrogen-bond acceptors (Lipinski definition) is 4. The first-order valence-electron chi connectivity index (χ1n) is 8.73. The Bertz CT molecular complexity index is 848. The third-order valence-corrected chi connectivity index (χ3v) is 4.88. The summed E-state index contributed by atoms with van der Waals surface area (Å²) in [5.74, 6) is 0.615. The monoisotopic (exact) mass is 387 g/mol. The predicted octanol–water partition coefficient (Wildman–Crippen LogP) is 3.91. The van der Waals surface area contributed by atoms with Gasteiger partial charge in [-0.1, -0.05) is 23.7 Å². The van der Waals surface area contributed by atoms with Crippen molar-refractivity contribution < 1.29 is 14.3 Å². The highest BCUT2D eigenvalue weighted by Crippen LogP contribution is 2.29. The fourth-order valence-electron chi connectivity index (χ4n) is 3.04. The third kappa shape index (κ3) is 4.52. The molecular formula is C20H22ClN3O3. The lowest BCUT2D eigenvalue weighted by molar-refractivity contribution is 0.101. The lowest BCUT2D eigenvalue weighted by atomic mass is 10.1. The highest BCUT2D eigenvalue weighted by molar-refractivity contribution is 6.32. The Balaban J connectivity index is 1.58. The molecule has 1 saturated heterocycles. The number of ether oxygens (including phenoxy) is 1. The smallest absolute Gasteiger partial charge is 0.321 e. The second kappa shape index (κ2) is 8.31. The number of methoxy groups -OCH3 is 1. The zero-order valence-electron chi connectivity index (χ0n) is 15.4. The predicted molar refractivity (Wildman–Crippen MR) is 107 cm³/mol. The Morgan fingerprint density at radius 2 is 1.81 bits per heavy atom. The maximum atomic E-state index is 12.5. The van der Waals surface area contributed by atoms with Crippen LogP contribution in [-0.2, 0) is 0 Å². The van der Waals surface area contributed by atoms with Gasteiger partial charge in [-0.15, -0.1) is 0 Å². The standard InChI is InChI=1S/C20H22ClN3O3/c1-14(25)15-4-3-5-16(12-15)22-20(26)24-10-8-23(9-11-24)17-6-7-19(27-2)18(21)13-17/h3-7,12-13H,8-11H2,1-2H3,(H,22,26). The highest BCUT2D eigenvalue weighted by atomic mass is 35.5. The van der Waals surface area contributed by atoms with Crippen LogP contribution < -0.4 is 15.0 Å². The van der Waals surface area contributed by atoms with Crippen LogP contribution in [0.5, 0.6) is 5.75 Å². The number of hydrogen-bond donors (Lipinski definition) is 1. The summed E-state index contributed by atoms with van der Waals surface area (Å²) >= 11 is 6.20. The average Bonchev–Trinajstić information content (AvgIpc) is 2.68. The van der Waals surface area contributed by atoms with E-state index >= 15 is 0 Å². The first kappa shape index (κ1) is 19.0. The van der Waals surface area contributed by atoms with Gasteiger partial charge in [0.25, 0.3) is 0 Å². The lowest BCUT2D eigenvalue weighted by Crippen LogP contribution is -2.50. The number of halogens is 1.